The highest BCUT2D eigenvalue weighted by Crippen LogP contribution is 2.22. The van der Waals surface area contributed by atoms with Crippen LogP contribution in [0.1, 0.15) is 29.5 Å². The molecule has 144 valence electrons. The van der Waals surface area contributed by atoms with Crippen molar-refractivity contribution in [3.63, 3.8) is 0 Å². The van der Waals surface area contributed by atoms with E-state index in [0.717, 1.165) is 28.2 Å². The lowest BCUT2D eigenvalue weighted by Crippen LogP contribution is -2.23. The molecule has 0 aliphatic carbocycles. The van der Waals surface area contributed by atoms with E-state index in [2.05, 4.69) is 5.32 Å². The highest BCUT2D eigenvalue weighted by Gasteiger charge is 2.05. The standard InChI is InChI=1S/C21H25NO5/c1-15-4-3-5-16(2)21(15)27-13-12-26-18-8-6-17(7-9-18)14-22-19(23)10-11-20(24)25/h3-9H,10-14H2,1-2H3,(H,22,23)(H,24,25). The van der Waals surface area contributed by atoms with Crippen LogP contribution in [0.5, 0.6) is 11.5 Å². The lowest BCUT2D eigenvalue weighted by molar-refractivity contribution is -0.138. The molecular weight excluding hydrogens is 346 g/mol. The van der Waals surface area contributed by atoms with Crippen molar-refractivity contribution in [1.29, 1.82) is 0 Å². The van der Waals surface area contributed by atoms with Crippen LogP contribution in [-0.2, 0) is 16.1 Å². The molecule has 1 amide bonds. The van der Waals surface area contributed by atoms with E-state index in [1.165, 1.54) is 0 Å². The number of nitrogens with one attached hydrogen (secondary N) is 1. The van der Waals surface area contributed by atoms with Gasteiger partial charge >= 0.3 is 5.97 Å². The van der Waals surface area contributed by atoms with Crippen molar-refractivity contribution in [2.45, 2.75) is 33.2 Å². The van der Waals surface area contributed by atoms with Gasteiger partial charge in [0.1, 0.15) is 24.7 Å². The number of hydrogen-bond acceptors (Lipinski definition) is 4. The molecule has 0 atom stereocenters. The molecule has 2 aromatic rings. The number of ether oxygens (including phenoxy) is 2. The first-order valence-corrected chi connectivity index (χ1v) is 8.85. The van der Waals surface area contributed by atoms with Crippen molar-refractivity contribution in [2.24, 2.45) is 0 Å². The molecule has 0 spiro atoms. The molecule has 2 aromatic carbocycles. The number of carbonyl (C=O) groups excluding carboxylic acids is 1. The predicted molar refractivity (Wildman–Crippen MR) is 102 cm³/mol. The molecule has 2 rings (SSSR count). The number of carboxylic acids is 1. The Morgan fingerprint density at radius 1 is 0.926 bits per heavy atom. The number of carbonyl (C=O) groups is 2. The molecule has 0 heterocycles. The third-order valence-electron chi connectivity index (χ3n) is 3.99. The summed E-state index contributed by atoms with van der Waals surface area (Å²) in [5, 5.41) is 11.2. The predicted octanol–water partition coefficient (Wildman–Crippen LogP) is 3.24. The van der Waals surface area contributed by atoms with Crippen molar-refractivity contribution < 1.29 is 24.2 Å². The van der Waals surface area contributed by atoms with Crippen molar-refractivity contribution in [3.05, 3.63) is 59.2 Å². The minimum atomic E-state index is -0.979. The fraction of sp³-hybridized carbons (Fsp3) is 0.333. The van der Waals surface area contributed by atoms with E-state index < -0.39 is 5.97 Å². The average Bonchev–Trinajstić information content (AvgIpc) is 2.64. The van der Waals surface area contributed by atoms with Gasteiger partial charge in [0, 0.05) is 13.0 Å². The summed E-state index contributed by atoms with van der Waals surface area (Å²) in [6, 6.07) is 13.4. The molecule has 6 heteroatoms. The van der Waals surface area contributed by atoms with Crippen LogP contribution in [0.4, 0.5) is 0 Å². The summed E-state index contributed by atoms with van der Waals surface area (Å²) in [6.07, 6.45) is -0.181. The monoisotopic (exact) mass is 371 g/mol. The quantitative estimate of drug-likeness (QED) is 0.626. The van der Waals surface area contributed by atoms with Crippen LogP contribution < -0.4 is 14.8 Å². The first-order chi connectivity index (χ1) is 13.0. The number of rotatable bonds is 10. The van der Waals surface area contributed by atoms with Crippen molar-refractivity contribution in [3.8, 4) is 11.5 Å². The van der Waals surface area contributed by atoms with Gasteiger partial charge in [-0.25, -0.2) is 0 Å². The summed E-state index contributed by atoms with van der Waals surface area (Å²) in [6.45, 7) is 5.27. The maximum atomic E-state index is 11.5. The van der Waals surface area contributed by atoms with Gasteiger partial charge in [-0.05, 0) is 42.7 Å². The third-order valence-corrected chi connectivity index (χ3v) is 3.99. The number of para-hydroxylation sites is 1. The Morgan fingerprint density at radius 2 is 1.56 bits per heavy atom. The van der Waals surface area contributed by atoms with Gasteiger partial charge in [-0.1, -0.05) is 30.3 Å². The van der Waals surface area contributed by atoms with Gasteiger partial charge in [0.25, 0.3) is 0 Å². The summed E-state index contributed by atoms with van der Waals surface area (Å²) in [4.78, 5) is 21.9. The van der Waals surface area contributed by atoms with Gasteiger partial charge in [0.15, 0.2) is 0 Å². The van der Waals surface area contributed by atoms with Gasteiger partial charge in [-0.2, -0.15) is 0 Å². The number of aliphatic carboxylic acids is 1. The second-order valence-corrected chi connectivity index (χ2v) is 6.23. The molecule has 0 aromatic heterocycles. The maximum Gasteiger partial charge on any atom is 0.303 e. The van der Waals surface area contributed by atoms with E-state index in [1.807, 2.05) is 56.3 Å². The maximum absolute atomic E-state index is 11.5. The van der Waals surface area contributed by atoms with Gasteiger partial charge < -0.3 is 19.9 Å². The Morgan fingerprint density at radius 3 is 2.19 bits per heavy atom. The summed E-state index contributed by atoms with van der Waals surface area (Å²) in [5.74, 6) is 0.366. The van der Waals surface area contributed by atoms with Gasteiger partial charge in [-0.15, -0.1) is 0 Å². The second kappa shape index (κ2) is 10.2. The SMILES string of the molecule is Cc1cccc(C)c1OCCOc1ccc(CNC(=O)CCC(=O)O)cc1. The molecule has 0 radical (unpaired) electrons. The topological polar surface area (TPSA) is 84.9 Å². The van der Waals surface area contributed by atoms with Crippen LogP contribution in [0.3, 0.4) is 0 Å². The average molecular weight is 371 g/mol. The molecule has 0 saturated carbocycles. The van der Waals surface area contributed by atoms with E-state index in [9.17, 15) is 9.59 Å². The smallest absolute Gasteiger partial charge is 0.303 e. The summed E-state index contributed by atoms with van der Waals surface area (Å²) in [5.41, 5.74) is 3.12. The molecule has 0 saturated heterocycles. The van der Waals surface area contributed by atoms with Gasteiger partial charge in [0.05, 0.1) is 6.42 Å². The Hall–Kier alpha value is -3.02. The number of carboxylic acid groups (broad SMARTS) is 1. The van der Waals surface area contributed by atoms with Crippen molar-refractivity contribution in [2.75, 3.05) is 13.2 Å². The van der Waals surface area contributed by atoms with Crippen LogP contribution in [0, 0.1) is 13.8 Å². The molecule has 0 fully saturated rings. The van der Waals surface area contributed by atoms with Crippen LogP contribution in [0.2, 0.25) is 0 Å². The molecule has 0 aliphatic heterocycles. The Kier molecular flexibility index (Phi) is 7.67. The number of amides is 1. The largest absolute Gasteiger partial charge is 0.490 e. The van der Waals surface area contributed by atoms with E-state index in [1.54, 1.807) is 0 Å². The summed E-state index contributed by atoms with van der Waals surface area (Å²) < 4.78 is 11.5. The van der Waals surface area contributed by atoms with E-state index in [0.29, 0.717) is 19.8 Å². The van der Waals surface area contributed by atoms with Crippen LogP contribution in [0.15, 0.2) is 42.5 Å². The Bertz CT molecular complexity index is 750. The fourth-order valence-corrected chi connectivity index (χ4v) is 2.54. The normalized spacial score (nSPS) is 10.3. The lowest BCUT2D eigenvalue weighted by atomic mass is 10.1. The van der Waals surface area contributed by atoms with E-state index in [-0.39, 0.29) is 18.7 Å². The van der Waals surface area contributed by atoms with Gasteiger partial charge in [-0.3, -0.25) is 9.59 Å². The summed E-state index contributed by atoms with van der Waals surface area (Å²) in [7, 11) is 0. The molecule has 27 heavy (non-hydrogen) atoms. The molecule has 0 unspecified atom stereocenters. The number of benzene rings is 2. The minimum absolute atomic E-state index is 0.0170. The molecule has 0 bridgehead atoms. The Balaban J connectivity index is 1.71. The zero-order chi connectivity index (χ0) is 19.6. The van der Waals surface area contributed by atoms with Crippen molar-refractivity contribution in [1.82, 2.24) is 5.32 Å². The lowest BCUT2D eigenvalue weighted by Gasteiger charge is -2.12. The zero-order valence-electron chi connectivity index (χ0n) is 15.7. The summed E-state index contributed by atoms with van der Waals surface area (Å²) >= 11 is 0. The van der Waals surface area contributed by atoms with Gasteiger partial charge in [0.2, 0.25) is 5.91 Å². The third kappa shape index (κ3) is 7.01. The first kappa shape index (κ1) is 20.3. The fourth-order valence-electron chi connectivity index (χ4n) is 2.54. The second-order valence-electron chi connectivity index (χ2n) is 6.23. The van der Waals surface area contributed by atoms with E-state index >= 15 is 0 Å². The number of hydrogen-bond donors (Lipinski definition) is 2. The highest BCUT2D eigenvalue weighted by molar-refractivity contribution is 5.80. The van der Waals surface area contributed by atoms with Crippen molar-refractivity contribution >= 4 is 11.9 Å². The first-order valence-electron chi connectivity index (χ1n) is 8.85. The van der Waals surface area contributed by atoms with Crippen LogP contribution in [0.25, 0.3) is 0 Å². The Labute approximate surface area is 159 Å². The number of aryl methyl sites for hydroxylation is 2. The van der Waals surface area contributed by atoms with E-state index in [4.69, 9.17) is 14.6 Å². The minimum Gasteiger partial charge on any atom is -0.490 e. The highest BCUT2D eigenvalue weighted by atomic mass is 16.5. The molecule has 0 aliphatic rings. The zero-order valence-corrected chi connectivity index (χ0v) is 15.7. The van der Waals surface area contributed by atoms with Crippen LogP contribution in [-0.4, -0.2) is 30.2 Å². The molecule has 2 N–H and O–H groups in total. The van der Waals surface area contributed by atoms with Crippen LogP contribution >= 0.6 is 0 Å². The molecular formula is C21H25NO5. The molecule has 6 nitrogen and oxygen atoms in total.